The lowest BCUT2D eigenvalue weighted by molar-refractivity contribution is 0.403. The summed E-state index contributed by atoms with van der Waals surface area (Å²) in [4.78, 5) is 4.30. The van der Waals surface area contributed by atoms with Crippen molar-refractivity contribution in [2.24, 2.45) is 4.99 Å². The molecule has 0 saturated heterocycles. The molecule has 2 aromatic carbocycles. The highest BCUT2D eigenvalue weighted by molar-refractivity contribution is 5.61. The van der Waals surface area contributed by atoms with Gasteiger partial charge >= 0.3 is 0 Å². The molecule has 0 radical (unpaired) electrons. The van der Waals surface area contributed by atoms with Crippen molar-refractivity contribution in [3.8, 4) is 17.2 Å². The van der Waals surface area contributed by atoms with E-state index in [1.807, 2.05) is 18.3 Å². The van der Waals surface area contributed by atoms with Gasteiger partial charge in [0.2, 0.25) is 0 Å². The van der Waals surface area contributed by atoms with Gasteiger partial charge in [-0.25, -0.2) is 0 Å². The highest BCUT2D eigenvalue weighted by Gasteiger charge is 1.99. The van der Waals surface area contributed by atoms with Crippen LogP contribution in [0.4, 0.5) is 0 Å². The van der Waals surface area contributed by atoms with E-state index in [9.17, 15) is 10.2 Å². The van der Waals surface area contributed by atoms with Crippen LogP contribution in [-0.4, -0.2) is 28.1 Å². The molecule has 104 valence electrons. The average Bonchev–Trinajstić information content (AvgIpc) is 2.44. The maximum atomic E-state index is 9.37. The van der Waals surface area contributed by atoms with Crippen LogP contribution in [-0.2, 0) is 12.8 Å². The molecule has 4 nitrogen and oxygen atoms in total. The first-order chi connectivity index (χ1) is 9.65. The molecule has 0 fully saturated rings. The summed E-state index contributed by atoms with van der Waals surface area (Å²) in [6, 6.07) is 11.8. The first-order valence-corrected chi connectivity index (χ1v) is 6.42. The zero-order valence-electron chi connectivity index (χ0n) is 11.0. The summed E-state index contributed by atoms with van der Waals surface area (Å²) in [5.41, 5.74) is 2.02. The molecule has 0 aromatic heterocycles. The summed E-state index contributed by atoms with van der Waals surface area (Å²) >= 11 is 0. The Labute approximate surface area is 117 Å². The van der Waals surface area contributed by atoms with Gasteiger partial charge in [-0.2, -0.15) is 0 Å². The molecule has 0 aliphatic rings. The molecule has 0 aliphatic heterocycles. The molecule has 0 unspecified atom stereocenters. The molecule has 20 heavy (non-hydrogen) atoms. The van der Waals surface area contributed by atoms with Crippen molar-refractivity contribution < 1.29 is 15.3 Å². The molecule has 2 rings (SSSR count). The molecule has 0 atom stereocenters. The fraction of sp³-hybridized carbons (Fsp3) is 0.188. The molecule has 0 amide bonds. The molecular weight excluding hydrogens is 254 g/mol. The Morgan fingerprint density at radius 2 is 1.55 bits per heavy atom. The highest BCUT2D eigenvalue weighted by atomic mass is 16.3. The lowest BCUT2D eigenvalue weighted by Gasteiger charge is -2.01. The van der Waals surface area contributed by atoms with Crippen LogP contribution >= 0.6 is 0 Å². The van der Waals surface area contributed by atoms with E-state index in [1.54, 1.807) is 24.3 Å². The van der Waals surface area contributed by atoms with Crippen LogP contribution in [0.3, 0.4) is 0 Å². The van der Waals surface area contributed by atoms with Crippen LogP contribution in [0.15, 0.2) is 47.5 Å². The van der Waals surface area contributed by atoms with E-state index in [1.165, 1.54) is 6.07 Å². The van der Waals surface area contributed by atoms with Crippen molar-refractivity contribution in [1.29, 1.82) is 0 Å². The molecule has 4 heteroatoms. The maximum Gasteiger partial charge on any atom is 0.157 e. The molecule has 0 heterocycles. The predicted octanol–water partition coefficient (Wildman–Crippen LogP) is 2.66. The Hall–Kier alpha value is -2.49. The average molecular weight is 271 g/mol. The minimum absolute atomic E-state index is 0.101. The number of phenolic OH excluding ortho intramolecular Hbond substituents is 3. The second-order valence-corrected chi connectivity index (χ2v) is 4.53. The molecule has 2 aromatic rings. The minimum Gasteiger partial charge on any atom is -0.508 e. The SMILES string of the molecule is Oc1ccc(CC=NCCc2ccc(O)c(O)c2)cc1. The first kappa shape index (κ1) is 13.9. The van der Waals surface area contributed by atoms with Gasteiger partial charge in [0.05, 0.1) is 0 Å². The summed E-state index contributed by atoms with van der Waals surface area (Å²) in [5, 5.41) is 27.7. The summed E-state index contributed by atoms with van der Waals surface area (Å²) in [6.07, 6.45) is 3.27. The largest absolute Gasteiger partial charge is 0.508 e. The smallest absolute Gasteiger partial charge is 0.157 e. The van der Waals surface area contributed by atoms with Crippen LogP contribution < -0.4 is 0 Å². The topological polar surface area (TPSA) is 73.1 Å². The Morgan fingerprint density at radius 1 is 0.850 bits per heavy atom. The molecule has 0 aliphatic carbocycles. The number of hydrogen-bond donors (Lipinski definition) is 3. The predicted molar refractivity (Wildman–Crippen MR) is 78.6 cm³/mol. The Bertz CT molecular complexity index is 591. The summed E-state index contributed by atoms with van der Waals surface area (Å²) in [7, 11) is 0. The number of rotatable bonds is 5. The lowest BCUT2D eigenvalue weighted by Crippen LogP contribution is -1.92. The zero-order valence-corrected chi connectivity index (χ0v) is 11.0. The molecule has 3 N–H and O–H groups in total. The minimum atomic E-state index is -0.107. The maximum absolute atomic E-state index is 9.37. The van der Waals surface area contributed by atoms with E-state index in [2.05, 4.69) is 4.99 Å². The van der Waals surface area contributed by atoms with Gasteiger partial charge in [0, 0.05) is 19.2 Å². The summed E-state index contributed by atoms with van der Waals surface area (Å²) in [5.74, 6) is 0.0537. The quantitative estimate of drug-likeness (QED) is 0.578. The van der Waals surface area contributed by atoms with Crippen LogP contribution in [0.1, 0.15) is 11.1 Å². The van der Waals surface area contributed by atoms with Crippen molar-refractivity contribution in [1.82, 2.24) is 0 Å². The Morgan fingerprint density at radius 3 is 2.25 bits per heavy atom. The molecule has 0 spiro atoms. The Kier molecular flexibility index (Phi) is 4.60. The van der Waals surface area contributed by atoms with E-state index in [0.717, 1.165) is 17.5 Å². The number of hydrogen-bond acceptors (Lipinski definition) is 4. The zero-order chi connectivity index (χ0) is 14.4. The van der Waals surface area contributed by atoms with E-state index in [-0.39, 0.29) is 17.2 Å². The molecular formula is C16H17NO3. The van der Waals surface area contributed by atoms with Crippen LogP contribution in [0.5, 0.6) is 17.2 Å². The molecule has 0 bridgehead atoms. The fourth-order valence-corrected chi connectivity index (χ4v) is 1.81. The van der Waals surface area contributed by atoms with Crippen LogP contribution in [0.2, 0.25) is 0 Å². The Balaban J connectivity index is 1.79. The van der Waals surface area contributed by atoms with E-state index < -0.39 is 0 Å². The third-order valence-electron chi connectivity index (χ3n) is 2.96. The van der Waals surface area contributed by atoms with Gasteiger partial charge < -0.3 is 15.3 Å². The van der Waals surface area contributed by atoms with Gasteiger partial charge in [-0.15, -0.1) is 0 Å². The number of benzene rings is 2. The normalized spacial score (nSPS) is 11.0. The van der Waals surface area contributed by atoms with Crippen molar-refractivity contribution in [2.45, 2.75) is 12.8 Å². The number of aliphatic imine (C=N–C) groups is 1. The van der Waals surface area contributed by atoms with Gasteiger partial charge in [0.1, 0.15) is 5.75 Å². The van der Waals surface area contributed by atoms with Crippen molar-refractivity contribution in [3.63, 3.8) is 0 Å². The number of nitrogens with zero attached hydrogens (tertiary/aromatic N) is 1. The second-order valence-electron chi connectivity index (χ2n) is 4.53. The molecule has 0 saturated carbocycles. The lowest BCUT2D eigenvalue weighted by atomic mass is 10.1. The fourth-order valence-electron chi connectivity index (χ4n) is 1.81. The van der Waals surface area contributed by atoms with Crippen molar-refractivity contribution >= 4 is 6.21 Å². The standard InChI is InChI=1S/C16H17NO3/c18-14-4-1-12(2-5-14)7-9-17-10-8-13-3-6-15(19)16(20)11-13/h1-6,9,11,18-20H,7-8,10H2. The van der Waals surface area contributed by atoms with Gasteiger partial charge in [0.25, 0.3) is 0 Å². The van der Waals surface area contributed by atoms with Gasteiger partial charge in [0.15, 0.2) is 11.5 Å². The summed E-state index contributed by atoms with van der Waals surface area (Å²) in [6.45, 7) is 0.627. The van der Waals surface area contributed by atoms with E-state index in [0.29, 0.717) is 13.0 Å². The van der Waals surface area contributed by atoms with Gasteiger partial charge in [-0.05, 0) is 41.8 Å². The number of phenols is 3. The third-order valence-corrected chi connectivity index (χ3v) is 2.96. The van der Waals surface area contributed by atoms with Crippen molar-refractivity contribution in [2.75, 3.05) is 6.54 Å². The van der Waals surface area contributed by atoms with Gasteiger partial charge in [-0.1, -0.05) is 18.2 Å². The third kappa shape index (κ3) is 4.02. The van der Waals surface area contributed by atoms with E-state index >= 15 is 0 Å². The van der Waals surface area contributed by atoms with Crippen molar-refractivity contribution in [3.05, 3.63) is 53.6 Å². The second kappa shape index (κ2) is 6.61. The van der Waals surface area contributed by atoms with Crippen LogP contribution in [0.25, 0.3) is 0 Å². The van der Waals surface area contributed by atoms with Crippen LogP contribution in [0, 0.1) is 0 Å². The first-order valence-electron chi connectivity index (χ1n) is 6.42. The highest BCUT2D eigenvalue weighted by Crippen LogP contribution is 2.24. The van der Waals surface area contributed by atoms with E-state index in [4.69, 9.17) is 5.11 Å². The summed E-state index contributed by atoms with van der Waals surface area (Å²) < 4.78 is 0. The monoisotopic (exact) mass is 271 g/mol. The van der Waals surface area contributed by atoms with Gasteiger partial charge in [-0.3, -0.25) is 4.99 Å². The number of aromatic hydroxyl groups is 3.